The lowest BCUT2D eigenvalue weighted by Gasteiger charge is -2.38. The second-order valence-electron chi connectivity index (χ2n) is 5.51. The molecule has 2 fully saturated rings. The number of carbonyl (C=O) groups is 1. The van der Waals surface area contributed by atoms with Crippen molar-refractivity contribution in [2.24, 2.45) is 0 Å². The van der Waals surface area contributed by atoms with Crippen LogP contribution < -0.4 is 0 Å². The van der Waals surface area contributed by atoms with Gasteiger partial charge in [0.15, 0.2) is 9.84 Å². The zero-order chi connectivity index (χ0) is 13.7. The zero-order valence-electron chi connectivity index (χ0n) is 10.5. The lowest BCUT2D eigenvalue weighted by atomic mass is 9.64. The minimum Gasteiger partial charge on any atom is -0.481 e. The van der Waals surface area contributed by atoms with E-state index in [2.05, 4.69) is 0 Å². The molecule has 0 spiro atoms. The van der Waals surface area contributed by atoms with Crippen LogP contribution in [-0.2, 0) is 20.0 Å². The molecule has 4 nitrogen and oxygen atoms in total. The number of hydrogen-bond donors (Lipinski definition) is 1. The Bertz CT molecular complexity index is 607. The first kappa shape index (κ1) is 12.7. The highest BCUT2D eigenvalue weighted by atomic mass is 32.2. The molecule has 0 bridgehead atoms. The largest absolute Gasteiger partial charge is 0.481 e. The second-order valence-corrected chi connectivity index (χ2v) is 7.74. The van der Waals surface area contributed by atoms with E-state index >= 15 is 0 Å². The van der Waals surface area contributed by atoms with Crippen LogP contribution in [0.5, 0.6) is 0 Å². The molecule has 0 heterocycles. The number of hydrogen-bond acceptors (Lipinski definition) is 3. The standard InChI is InChI=1S/C14H16O4S/c15-13(16)14(8-1-9-14)10-2-4-11(5-3-10)19(17,18)12-6-7-12/h2-5,12H,1,6-9H2,(H,15,16). The van der Waals surface area contributed by atoms with E-state index in [1.807, 2.05) is 0 Å². The van der Waals surface area contributed by atoms with Crippen molar-refractivity contribution in [3.05, 3.63) is 29.8 Å². The Labute approximate surface area is 112 Å². The fraction of sp³-hybridized carbons (Fsp3) is 0.500. The van der Waals surface area contributed by atoms with Gasteiger partial charge in [0.2, 0.25) is 0 Å². The van der Waals surface area contributed by atoms with Crippen molar-refractivity contribution >= 4 is 15.8 Å². The predicted molar refractivity (Wildman–Crippen MR) is 69.8 cm³/mol. The number of carboxylic acids is 1. The molecule has 1 aromatic rings. The van der Waals surface area contributed by atoms with Crippen LogP contribution in [0.3, 0.4) is 0 Å². The molecule has 0 aromatic heterocycles. The Morgan fingerprint density at radius 1 is 1.16 bits per heavy atom. The number of sulfone groups is 1. The molecular formula is C14H16O4S. The number of rotatable bonds is 4. The summed E-state index contributed by atoms with van der Waals surface area (Å²) in [6.45, 7) is 0. The Morgan fingerprint density at radius 2 is 1.74 bits per heavy atom. The van der Waals surface area contributed by atoms with Gasteiger partial charge in [-0.3, -0.25) is 4.79 Å². The van der Waals surface area contributed by atoms with Crippen LogP contribution in [0.15, 0.2) is 29.2 Å². The maximum atomic E-state index is 12.1. The molecule has 1 aromatic carbocycles. The molecule has 102 valence electrons. The maximum Gasteiger partial charge on any atom is 0.314 e. The molecular weight excluding hydrogens is 264 g/mol. The van der Waals surface area contributed by atoms with E-state index in [0.29, 0.717) is 17.7 Å². The summed E-state index contributed by atoms with van der Waals surface area (Å²) in [5, 5.41) is 9.12. The molecule has 0 saturated heterocycles. The third-order valence-electron chi connectivity index (χ3n) is 4.32. The average molecular weight is 280 g/mol. The summed E-state index contributed by atoms with van der Waals surface area (Å²) in [6.07, 6.45) is 3.66. The maximum absolute atomic E-state index is 12.1. The predicted octanol–water partition coefficient (Wildman–Crippen LogP) is 2.13. The molecule has 2 aliphatic rings. The Morgan fingerprint density at radius 3 is 2.11 bits per heavy atom. The fourth-order valence-corrected chi connectivity index (χ4v) is 4.35. The molecule has 0 radical (unpaired) electrons. The van der Waals surface area contributed by atoms with Crippen molar-refractivity contribution in [3.63, 3.8) is 0 Å². The first-order valence-electron chi connectivity index (χ1n) is 6.55. The van der Waals surface area contributed by atoms with Gasteiger partial charge < -0.3 is 5.11 Å². The van der Waals surface area contributed by atoms with E-state index in [1.54, 1.807) is 24.3 Å². The summed E-state index contributed by atoms with van der Waals surface area (Å²) < 4.78 is 24.1. The molecule has 19 heavy (non-hydrogen) atoms. The van der Waals surface area contributed by atoms with E-state index in [-0.39, 0.29) is 5.25 Å². The van der Waals surface area contributed by atoms with Crippen molar-refractivity contribution in [2.45, 2.75) is 47.7 Å². The SMILES string of the molecule is O=C(O)C1(c2ccc(S(=O)(=O)C3CC3)cc2)CCC1. The summed E-state index contributed by atoms with van der Waals surface area (Å²) in [6, 6.07) is 6.46. The van der Waals surface area contributed by atoms with Crippen molar-refractivity contribution in [2.75, 3.05) is 0 Å². The second kappa shape index (κ2) is 4.07. The van der Waals surface area contributed by atoms with Gasteiger partial charge in [0.25, 0.3) is 0 Å². The van der Waals surface area contributed by atoms with Gasteiger partial charge in [0.1, 0.15) is 0 Å². The molecule has 2 aliphatic carbocycles. The third kappa shape index (κ3) is 1.87. The van der Waals surface area contributed by atoms with Crippen LogP contribution in [-0.4, -0.2) is 24.7 Å². The van der Waals surface area contributed by atoms with Gasteiger partial charge in [0, 0.05) is 0 Å². The van der Waals surface area contributed by atoms with E-state index in [9.17, 15) is 18.3 Å². The topological polar surface area (TPSA) is 71.4 Å². The molecule has 1 N–H and O–H groups in total. The molecule has 2 saturated carbocycles. The smallest absolute Gasteiger partial charge is 0.314 e. The van der Waals surface area contributed by atoms with Gasteiger partial charge >= 0.3 is 5.97 Å². The first-order chi connectivity index (χ1) is 8.97. The fourth-order valence-electron chi connectivity index (χ4n) is 2.69. The summed E-state index contributed by atoms with van der Waals surface area (Å²) >= 11 is 0. The zero-order valence-corrected chi connectivity index (χ0v) is 11.3. The van der Waals surface area contributed by atoms with Gasteiger partial charge in [0.05, 0.1) is 15.6 Å². The van der Waals surface area contributed by atoms with Crippen molar-refractivity contribution in [3.8, 4) is 0 Å². The third-order valence-corrected chi connectivity index (χ3v) is 6.59. The van der Waals surface area contributed by atoms with Crippen LogP contribution in [0, 0.1) is 0 Å². The molecule has 0 unspecified atom stereocenters. The average Bonchev–Trinajstić information content (AvgIpc) is 3.11. The molecule has 5 heteroatoms. The molecule has 3 rings (SSSR count). The van der Waals surface area contributed by atoms with Crippen molar-refractivity contribution in [1.29, 1.82) is 0 Å². The highest BCUT2D eigenvalue weighted by Gasteiger charge is 2.46. The quantitative estimate of drug-likeness (QED) is 0.917. The number of benzene rings is 1. The normalized spacial score (nSPS) is 21.7. The van der Waals surface area contributed by atoms with Gasteiger partial charge in [-0.1, -0.05) is 18.6 Å². The minimum atomic E-state index is -3.18. The first-order valence-corrected chi connectivity index (χ1v) is 8.09. The van der Waals surface area contributed by atoms with E-state index in [4.69, 9.17) is 0 Å². The Kier molecular flexibility index (Phi) is 2.71. The van der Waals surface area contributed by atoms with Crippen LogP contribution >= 0.6 is 0 Å². The monoisotopic (exact) mass is 280 g/mol. The van der Waals surface area contributed by atoms with Crippen molar-refractivity contribution < 1.29 is 18.3 Å². The summed E-state index contributed by atoms with van der Waals surface area (Å²) in [7, 11) is -3.18. The van der Waals surface area contributed by atoms with E-state index in [1.165, 1.54) is 0 Å². The highest BCUT2D eigenvalue weighted by molar-refractivity contribution is 7.92. The molecule has 0 amide bonds. The van der Waals surface area contributed by atoms with Crippen molar-refractivity contribution in [1.82, 2.24) is 0 Å². The van der Waals surface area contributed by atoms with Gasteiger partial charge in [-0.2, -0.15) is 0 Å². The molecule has 0 atom stereocenters. The van der Waals surface area contributed by atoms with Gasteiger partial charge in [-0.15, -0.1) is 0 Å². The van der Waals surface area contributed by atoms with E-state index < -0.39 is 21.2 Å². The minimum absolute atomic E-state index is 0.226. The number of carboxylic acid groups (broad SMARTS) is 1. The summed E-state index contributed by atoms with van der Waals surface area (Å²) in [5.74, 6) is -0.809. The Balaban J connectivity index is 1.93. The highest BCUT2D eigenvalue weighted by Crippen LogP contribution is 2.44. The number of aliphatic carboxylic acids is 1. The van der Waals surface area contributed by atoms with Gasteiger partial charge in [-0.05, 0) is 43.4 Å². The summed E-state index contributed by atoms with van der Waals surface area (Å²) in [5.41, 5.74) is -0.0667. The van der Waals surface area contributed by atoms with E-state index in [0.717, 1.165) is 24.8 Å². The van der Waals surface area contributed by atoms with Crippen LogP contribution in [0.4, 0.5) is 0 Å². The van der Waals surface area contributed by atoms with Gasteiger partial charge in [-0.25, -0.2) is 8.42 Å². The lowest BCUT2D eigenvalue weighted by molar-refractivity contribution is -0.147. The van der Waals surface area contributed by atoms with Crippen LogP contribution in [0.2, 0.25) is 0 Å². The summed E-state index contributed by atoms with van der Waals surface area (Å²) in [4.78, 5) is 11.7. The molecule has 0 aliphatic heterocycles. The van der Waals surface area contributed by atoms with Crippen LogP contribution in [0.1, 0.15) is 37.7 Å². The lowest BCUT2D eigenvalue weighted by Crippen LogP contribution is -2.42. The Hall–Kier alpha value is -1.36. The van der Waals surface area contributed by atoms with Crippen LogP contribution in [0.25, 0.3) is 0 Å².